The number of carbonyl (C=O) groups is 1. The first-order valence-electron chi connectivity index (χ1n) is 5.98. The Labute approximate surface area is 133 Å². The van der Waals surface area contributed by atoms with Gasteiger partial charge in [-0.05, 0) is 34.1 Å². The van der Waals surface area contributed by atoms with Gasteiger partial charge in [-0.25, -0.2) is 4.39 Å². The molecule has 3 rings (SSSR count). The van der Waals surface area contributed by atoms with Crippen molar-refractivity contribution in [2.24, 2.45) is 5.73 Å². The van der Waals surface area contributed by atoms with E-state index in [9.17, 15) is 9.18 Å². The molecule has 0 spiro atoms. The lowest BCUT2D eigenvalue weighted by molar-refractivity contribution is -0.116. The van der Waals surface area contributed by atoms with Gasteiger partial charge in [-0.1, -0.05) is 11.6 Å². The van der Waals surface area contributed by atoms with Crippen LogP contribution >= 0.6 is 27.5 Å². The third kappa shape index (κ3) is 2.62. The number of hydrogen-bond acceptors (Lipinski definition) is 3. The quantitative estimate of drug-likeness (QED) is 0.839. The number of benzene rings is 2. The van der Waals surface area contributed by atoms with Gasteiger partial charge in [0.05, 0.1) is 9.50 Å². The molecule has 21 heavy (non-hydrogen) atoms. The maximum Gasteiger partial charge on any atom is 0.245 e. The van der Waals surface area contributed by atoms with E-state index in [2.05, 4.69) is 21.2 Å². The molecule has 0 radical (unpaired) electrons. The summed E-state index contributed by atoms with van der Waals surface area (Å²) < 4.78 is 19.4. The minimum Gasteiger partial charge on any atom is -0.456 e. The van der Waals surface area contributed by atoms with Crippen molar-refractivity contribution in [3.63, 3.8) is 0 Å². The predicted octanol–water partition coefficient (Wildman–Crippen LogP) is 3.99. The third-order valence-corrected chi connectivity index (χ3v) is 4.04. The molecule has 1 unspecified atom stereocenters. The number of amides is 1. The van der Waals surface area contributed by atoms with Crippen LogP contribution < -0.4 is 15.8 Å². The van der Waals surface area contributed by atoms with Crippen LogP contribution in [0.1, 0.15) is 11.6 Å². The summed E-state index contributed by atoms with van der Waals surface area (Å²) in [6, 6.07) is 6.77. The summed E-state index contributed by atoms with van der Waals surface area (Å²) >= 11 is 9.18. The average molecular weight is 372 g/mol. The third-order valence-electron chi connectivity index (χ3n) is 3.10. The molecule has 0 saturated heterocycles. The van der Waals surface area contributed by atoms with Crippen LogP contribution in [0.2, 0.25) is 5.02 Å². The van der Waals surface area contributed by atoms with E-state index in [1.165, 1.54) is 12.1 Å². The molecule has 1 aliphatic heterocycles. The molecule has 1 heterocycles. The largest absolute Gasteiger partial charge is 0.456 e. The van der Waals surface area contributed by atoms with Crippen molar-refractivity contribution in [2.45, 2.75) is 6.04 Å². The zero-order valence-corrected chi connectivity index (χ0v) is 12.8. The van der Waals surface area contributed by atoms with Gasteiger partial charge in [-0.3, -0.25) is 4.79 Å². The van der Waals surface area contributed by atoms with E-state index in [4.69, 9.17) is 22.1 Å². The summed E-state index contributed by atoms with van der Waals surface area (Å²) in [5.41, 5.74) is 6.89. The van der Waals surface area contributed by atoms with Crippen molar-refractivity contribution in [1.29, 1.82) is 0 Å². The number of carbonyl (C=O) groups excluding carboxylic acids is 1. The van der Waals surface area contributed by atoms with Crippen LogP contribution in [0, 0.1) is 5.82 Å². The Bertz CT molecular complexity index is 754. The molecule has 0 fully saturated rings. The Hall–Kier alpha value is -1.63. The minimum absolute atomic E-state index is 0.295. The van der Waals surface area contributed by atoms with Crippen LogP contribution in [0.3, 0.4) is 0 Å². The van der Waals surface area contributed by atoms with Gasteiger partial charge in [0, 0.05) is 23.4 Å². The van der Waals surface area contributed by atoms with E-state index in [1.54, 1.807) is 18.2 Å². The molecule has 4 nitrogen and oxygen atoms in total. The number of nitrogens with one attached hydrogen (secondary N) is 1. The summed E-state index contributed by atoms with van der Waals surface area (Å²) in [6.07, 6.45) is 0. The lowest BCUT2D eigenvalue weighted by Gasteiger charge is -2.10. The van der Waals surface area contributed by atoms with E-state index in [0.29, 0.717) is 32.2 Å². The summed E-state index contributed by atoms with van der Waals surface area (Å²) in [7, 11) is 0. The van der Waals surface area contributed by atoms with Gasteiger partial charge >= 0.3 is 0 Å². The zero-order chi connectivity index (χ0) is 15.1. The van der Waals surface area contributed by atoms with Gasteiger partial charge in [0.1, 0.15) is 23.4 Å². The summed E-state index contributed by atoms with van der Waals surface area (Å²) in [4.78, 5) is 11.5. The van der Waals surface area contributed by atoms with Crippen molar-refractivity contribution in [3.05, 3.63) is 51.2 Å². The smallest absolute Gasteiger partial charge is 0.245 e. The topological polar surface area (TPSA) is 64.4 Å². The second kappa shape index (κ2) is 5.29. The number of ether oxygens (including phenoxy) is 1. The van der Waals surface area contributed by atoms with Gasteiger partial charge in [-0.2, -0.15) is 0 Å². The number of fused-ring (bicyclic) bond motifs is 1. The predicted molar refractivity (Wildman–Crippen MR) is 81.2 cm³/mol. The fourth-order valence-corrected chi connectivity index (χ4v) is 2.49. The van der Waals surface area contributed by atoms with Gasteiger partial charge in [-0.15, -0.1) is 0 Å². The number of anilines is 1. The van der Waals surface area contributed by atoms with Crippen molar-refractivity contribution in [1.82, 2.24) is 0 Å². The SMILES string of the molecule is NC1C(=O)Nc2cc(Oc3ccc(Br)c(F)c3)c(Cl)cc21. The average Bonchev–Trinajstić information content (AvgIpc) is 2.70. The highest BCUT2D eigenvalue weighted by molar-refractivity contribution is 9.10. The normalized spacial score (nSPS) is 16.6. The second-order valence-electron chi connectivity index (χ2n) is 4.51. The van der Waals surface area contributed by atoms with Gasteiger partial charge in [0.15, 0.2) is 0 Å². The molecule has 0 aliphatic carbocycles. The zero-order valence-electron chi connectivity index (χ0n) is 10.5. The van der Waals surface area contributed by atoms with Crippen molar-refractivity contribution in [2.75, 3.05) is 5.32 Å². The van der Waals surface area contributed by atoms with E-state index >= 15 is 0 Å². The molecule has 2 aromatic rings. The molecule has 0 saturated carbocycles. The first kappa shape index (κ1) is 14.3. The number of hydrogen-bond donors (Lipinski definition) is 2. The standard InChI is InChI=1S/C14H9BrClFN2O2/c15-8-2-1-6(3-10(8)17)21-12-5-11-7(4-9(12)16)13(18)14(20)19-11/h1-5,13H,18H2,(H,19,20). The molecular weight excluding hydrogens is 363 g/mol. The van der Waals surface area contributed by atoms with Crippen LogP contribution in [0.15, 0.2) is 34.8 Å². The lowest BCUT2D eigenvalue weighted by Crippen LogP contribution is -2.19. The van der Waals surface area contributed by atoms with Crippen LogP contribution in [0.25, 0.3) is 0 Å². The molecule has 1 aliphatic rings. The molecule has 0 bridgehead atoms. The molecule has 7 heteroatoms. The Morgan fingerprint density at radius 2 is 2.10 bits per heavy atom. The highest BCUT2D eigenvalue weighted by Gasteiger charge is 2.28. The molecule has 0 aromatic heterocycles. The molecule has 3 N–H and O–H groups in total. The highest BCUT2D eigenvalue weighted by atomic mass is 79.9. The molecule has 1 atom stereocenters. The fraction of sp³-hybridized carbons (Fsp3) is 0.0714. The number of rotatable bonds is 2. The minimum atomic E-state index is -0.739. The summed E-state index contributed by atoms with van der Waals surface area (Å²) in [6.45, 7) is 0. The molecule has 108 valence electrons. The monoisotopic (exact) mass is 370 g/mol. The van der Waals surface area contributed by atoms with E-state index in [-0.39, 0.29) is 5.91 Å². The van der Waals surface area contributed by atoms with Gasteiger partial charge in [0.25, 0.3) is 0 Å². The second-order valence-corrected chi connectivity index (χ2v) is 5.78. The van der Waals surface area contributed by atoms with Crippen LogP contribution in [0.4, 0.5) is 10.1 Å². The van der Waals surface area contributed by atoms with E-state index in [1.807, 2.05) is 0 Å². The number of nitrogens with two attached hydrogens (primary N) is 1. The van der Waals surface area contributed by atoms with Crippen LogP contribution in [0.5, 0.6) is 11.5 Å². The molecule has 2 aromatic carbocycles. The summed E-state index contributed by atoms with van der Waals surface area (Å²) in [5, 5.41) is 2.93. The first-order chi connectivity index (χ1) is 9.95. The van der Waals surface area contributed by atoms with Crippen LogP contribution in [-0.4, -0.2) is 5.91 Å². The Balaban J connectivity index is 1.95. The molecule has 1 amide bonds. The first-order valence-corrected chi connectivity index (χ1v) is 7.15. The lowest BCUT2D eigenvalue weighted by atomic mass is 10.1. The maximum atomic E-state index is 13.5. The maximum absolute atomic E-state index is 13.5. The fourth-order valence-electron chi connectivity index (χ4n) is 2.03. The van der Waals surface area contributed by atoms with Crippen LogP contribution in [-0.2, 0) is 4.79 Å². The van der Waals surface area contributed by atoms with Gasteiger partial charge < -0.3 is 15.8 Å². The number of halogens is 3. The Kier molecular flexibility index (Phi) is 3.61. The molecular formula is C14H9BrClFN2O2. The van der Waals surface area contributed by atoms with Crippen molar-refractivity contribution in [3.8, 4) is 11.5 Å². The Morgan fingerprint density at radius 3 is 2.81 bits per heavy atom. The van der Waals surface area contributed by atoms with E-state index < -0.39 is 11.9 Å². The van der Waals surface area contributed by atoms with Crippen molar-refractivity contribution < 1.29 is 13.9 Å². The Morgan fingerprint density at radius 1 is 1.33 bits per heavy atom. The van der Waals surface area contributed by atoms with Crippen molar-refractivity contribution >= 4 is 39.1 Å². The highest BCUT2D eigenvalue weighted by Crippen LogP contribution is 2.39. The van der Waals surface area contributed by atoms with E-state index in [0.717, 1.165) is 0 Å². The summed E-state index contributed by atoms with van der Waals surface area (Å²) in [5.74, 6) is -0.134. The van der Waals surface area contributed by atoms with Gasteiger partial charge in [0.2, 0.25) is 5.91 Å².